The lowest BCUT2D eigenvalue weighted by molar-refractivity contribution is -0.166. The zero-order chi connectivity index (χ0) is 20.4. The van der Waals surface area contributed by atoms with Crippen molar-refractivity contribution in [1.82, 2.24) is 0 Å². The molecule has 0 N–H and O–H groups in total. The summed E-state index contributed by atoms with van der Waals surface area (Å²) >= 11 is 8.17. The molecule has 2 atom stereocenters. The van der Waals surface area contributed by atoms with Gasteiger partial charge in [0, 0.05) is 16.0 Å². The summed E-state index contributed by atoms with van der Waals surface area (Å²) < 4.78 is 12.2. The Morgan fingerprint density at radius 1 is 1.37 bits per heavy atom. The highest BCUT2D eigenvalue weighted by molar-refractivity contribution is 7.16. The van der Waals surface area contributed by atoms with Gasteiger partial charge in [-0.05, 0) is 71.3 Å². The van der Waals surface area contributed by atoms with Crippen LogP contribution in [0.4, 0.5) is 0 Å². The van der Waals surface area contributed by atoms with Crippen molar-refractivity contribution in [3.05, 3.63) is 26.4 Å². The van der Waals surface area contributed by atoms with Gasteiger partial charge in [-0.2, -0.15) is 0 Å². The predicted octanol–water partition coefficient (Wildman–Crippen LogP) is 6.97. The molecule has 0 amide bonds. The number of aryl methyl sites for hydroxylation is 1. The second-order valence-corrected chi connectivity index (χ2v) is 10.4. The van der Waals surface area contributed by atoms with Crippen LogP contribution in [0.25, 0.3) is 5.57 Å². The number of carbonyl (C=O) groups excluding carboxylic acids is 1. The summed E-state index contributed by atoms with van der Waals surface area (Å²) in [5.74, 6) is 1.04. The highest BCUT2D eigenvalue weighted by atomic mass is 35.5. The van der Waals surface area contributed by atoms with Gasteiger partial charge in [0.05, 0.1) is 12.2 Å². The van der Waals surface area contributed by atoms with E-state index >= 15 is 0 Å². The molecule has 0 aromatic carbocycles. The van der Waals surface area contributed by atoms with E-state index in [0.717, 1.165) is 39.6 Å². The molecule has 2 rings (SSSR count). The third-order valence-corrected chi connectivity index (χ3v) is 6.37. The van der Waals surface area contributed by atoms with Gasteiger partial charge in [-0.25, -0.2) is 4.79 Å². The first-order chi connectivity index (χ1) is 12.5. The number of hydrogen-bond acceptors (Lipinski definition) is 4. The second-order valence-electron chi connectivity index (χ2n) is 8.59. The molecule has 0 saturated carbocycles. The molecule has 0 aliphatic heterocycles. The summed E-state index contributed by atoms with van der Waals surface area (Å²) in [6, 6.07) is 0. The number of esters is 1. The maximum Gasteiger partial charge on any atom is 0.340 e. The minimum atomic E-state index is -0.757. The number of halogens is 1. The van der Waals surface area contributed by atoms with Crippen LogP contribution in [0.1, 0.15) is 82.9 Å². The average Bonchev–Trinajstić information content (AvgIpc) is 2.86. The highest BCUT2D eigenvalue weighted by Gasteiger charge is 2.35. The first kappa shape index (κ1) is 22.4. The van der Waals surface area contributed by atoms with Crippen molar-refractivity contribution in [3.63, 3.8) is 0 Å². The molecule has 0 radical (unpaired) electrons. The third kappa shape index (κ3) is 5.58. The molecule has 1 aliphatic rings. The van der Waals surface area contributed by atoms with Crippen molar-refractivity contribution >= 4 is 34.5 Å². The van der Waals surface area contributed by atoms with Gasteiger partial charge in [-0.15, -0.1) is 11.3 Å². The quantitative estimate of drug-likeness (QED) is 0.473. The van der Waals surface area contributed by atoms with Crippen LogP contribution >= 0.6 is 22.9 Å². The Balaban J connectivity index is 2.47. The number of thiophene rings is 1. The fraction of sp³-hybridized carbons (Fsp3) is 0.682. The van der Waals surface area contributed by atoms with E-state index in [1.54, 1.807) is 0 Å². The molecule has 0 bridgehead atoms. The predicted molar refractivity (Wildman–Crippen MR) is 114 cm³/mol. The highest BCUT2D eigenvalue weighted by Crippen LogP contribution is 2.46. The third-order valence-electron chi connectivity index (χ3n) is 5.04. The Morgan fingerprint density at radius 3 is 2.52 bits per heavy atom. The molecule has 3 nitrogen and oxygen atoms in total. The zero-order valence-electron chi connectivity index (χ0n) is 17.6. The van der Waals surface area contributed by atoms with Crippen LogP contribution in [0.3, 0.4) is 0 Å². The maximum atomic E-state index is 12.8. The lowest BCUT2D eigenvalue weighted by Gasteiger charge is -2.29. The lowest BCUT2D eigenvalue weighted by Crippen LogP contribution is -2.29. The number of carbonyl (C=O) groups is 1. The standard InChI is InChI=1S/C22H33ClO3S/c1-8-25-21(24)19(26-22(5,6)7)17-14(4)27-20(23)18(17)16-11-9-15(10-12-16)13(2)3/h11,13,15,19H,8-10,12H2,1-7H3. The summed E-state index contributed by atoms with van der Waals surface area (Å²) in [7, 11) is 0. The van der Waals surface area contributed by atoms with Crippen molar-refractivity contribution in [2.45, 2.75) is 79.4 Å². The molecule has 0 spiro atoms. The fourth-order valence-corrected chi connectivity index (χ4v) is 5.12. The van der Waals surface area contributed by atoms with Gasteiger partial charge >= 0.3 is 5.97 Å². The Bertz CT molecular complexity index is 697. The first-order valence-electron chi connectivity index (χ1n) is 9.87. The summed E-state index contributed by atoms with van der Waals surface area (Å²) in [6.07, 6.45) is 4.74. The smallest absolute Gasteiger partial charge is 0.340 e. The van der Waals surface area contributed by atoms with Crippen molar-refractivity contribution in [2.75, 3.05) is 6.61 Å². The first-order valence-corrected chi connectivity index (χ1v) is 11.1. The molecule has 1 aliphatic carbocycles. The Morgan fingerprint density at radius 2 is 2.04 bits per heavy atom. The van der Waals surface area contributed by atoms with Crippen molar-refractivity contribution in [1.29, 1.82) is 0 Å². The molecule has 1 aromatic rings. The van der Waals surface area contributed by atoms with E-state index in [-0.39, 0.29) is 5.97 Å². The molecular weight excluding hydrogens is 380 g/mol. The molecule has 152 valence electrons. The molecule has 0 saturated heterocycles. The van der Waals surface area contributed by atoms with E-state index in [9.17, 15) is 4.79 Å². The fourth-order valence-electron chi connectivity index (χ4n) is 3.62. The average molecular weight is 413 g/mol. The van der Waals surface area contributed by atoms with Gasteiger partial charge in [-0.3, -0.25) is 0 Å². The van der Waals surface area contributed by atoms with Gasteiger partial charge < -0.3 is 9.47 Å². The van der Waals surface area contributed by atoms with Crippen molar-refractivity contribution < 1.29 is 14.3 Å². The Kier molecular flexibility index (Phi) is 7.57. The summed E-state index contributed by atoms with van der Waals surface area (Å²) in [6.45, 7) is 14.6. The summed E-state index contributed by atoms with van der Waals surface area (Å²) in [4.78, 5) is 13.8. The zero-order valence-corrected chi connectivity index (χ0v) is 19.2. The van der Waals surface area contributed by atoms with E-state index in [0.29, 0.717) is 18.4 Å². The second kappa shape index (κ2) is 9.11. The van der Waals surface area contributed by atoms with Gasteiger partial charge in [0.2, 0.25) is 0 Å². The minimum Gasteiger partial charge on any atom is -0.464 e. The van der Waals surface area contributed by atoms with Gasteiger partial charge in [-0.1, -0.05) is 31.5 Å². The number of hydrogen-bond donors (Lipinski definition) is 0. The lowest BCUT2D eigenvalue weighted by atomic mass is 9.80. The monoisotopic (exact) mass is 412 g/mol. The molecular formula is C22H33ClO3S. The van der Waals surface area contributed by atoms with Crippen molar-refractivity contribution in [2.24, 2.45) is 11.8 Å². The molecule has 1 heterocycles. The van der Waals surface area contributed by atoms with Crippen LogP contribution in [0.2, 0.25) is 4.34 Å². The maximum absolute atomic E-state index is 12.8. The van der Waals surface area contributed by atoms with Crippen LogP contribution < -0.4 is 0 Å². The van der Waals surface area contributed by atoms with E-state index in [1.165, 1.54) is 16.9 Å². The number of rotatable bonds is 6. The number of ether oxygens (including phenoxy) is 2. The summed E-state index contributed by atoms with van der Waals surface area (Å²) in [5.41, 5.74) is 2.64. The normalized spacial score (nSPS) is 19.1. The van der Waals surface area contributed by atoms with E-state index in [2.05, 4.69) is 19.9 Å². The molecule has 5 heteroatoms. The molecule has 27 heavy (non-hydrogen) atoms. The van der Waals surface area contributed by atoms with E-state index in [4.69, 9.17) is 21.1 Å². The van der Waals surface area contributed by atoms with Crippen LogP contribution in [0.5, 0.6) is 0 Å². The van der Waals surface area contributed by atoms with E-state index < -0.39 is 11.7 Å². The topological polar surface area (TPSA) is 35.5 Å². The Hall–Kier alpha value is -0.840. The van der Waals surface area contributed by atoms with Gasteiger partial charge in [0.25, 0.3) is 0 Å². The van der Waals surface area contributed by atoms with Crippen LogP contribution in [0.15, 0.2) is 6.08 Å². The number of allylic oxidation sites excluding steroid dienone is 2. The van der Waals surface area contributed by atoms with Crippen LogP contribution in [-0.4, -0.2) is 18.2 Å². The molecule has 0 fully saturated rings. The van der Waals surface area contributed by atoms with Crippen molar-refractivity contribution in [3.8, 4) is 0 Å². The van der Waals surface area contributed by atoms with Crippen LogP contribution in [-0.2, 0) is 14.3 Å². The minimum absolute atomic E-state index is 0.327. The SMILES string of the molecule is CCOC(=O)C(OC(C)(C)C)c1c(C)sc(Cl)c1C1=CCC(C(C)C)CC1. The summed E-state index contributed by atoms with van der Waals surface area (Å²) in [5, 5.41) is 0. The molecule has 2 unspecified atom stereocenters. The van der Waals surface area contributed by atoms with E-state index in [1.807, 2.05) is 34.6 Å². The Labute approximate surface area is 173 Å². The largest absolute Gasteiger partial charge is 0.464 e. The molecule has 1 aromatic heterocycles. The van der Waals surface area contributed by atoms with Gasteiger partial charge in [0.1, 0.15) is 4.34 Å². The van der Waals surface area contributed by atoms with Crippen LogP contribution in [0, 0.1) is 18.8 Å². The van der Waals surface area contributed by atoms with Gasteiger partial charge in [0.15, 0.2) is 6.10 Å².